The molecule has 0 amide bonds. The van der Waals surface area contributed by atoms with E-state index in [0.29, 0.717) is 12.0 Å². The molecule has 2 aliphatic carbocycles. The van der Waals surface area contributed by atoms with Crippen LogP contribution in [0.2, 0.25) is 39.3 Å². The van der Waals surface area contributed by atoms with E-state index in [2.05, 4.69) is 105 Å². The second-order valence-electron chi connectivity index (χ2n) is 14.4. The fourth-order valence-corrected chi connectivity index (χ4v) is 9.55. The molecule has 1 N–H and O–H groups in total. The van der Waals surface area contributed by atoms with Crippen molar-refractivity contribution in [3.63, 3.8) is 0 Å². The van der Waals surface area contributed by atoms with Crippen LogP contribution in [0.4, 0.5) is 5.69 Å². The standard InChI is InChI=1S/C34H49N3O3Si2/c1-8-30(36-25-13-10-9-11-14-25)35-20-12-21-37-22-19-34-26-16-18-29(40-42(5,6)7)33(34)38-32-28(39-41(2,3)4)17-15-24(31(32)34)23-27(26)37/h9-11,13-18,26-27,29,33H,8,12,19-23H2,1-7H3,(H,35,36)/t26?,27-,29+,33+,34+/m1/s1. The molecule has 42 heavy (non-hydrogen) atoms. The van der Waals surface area contributed by atoms with Gasteiger partial charge in [0.05, 0.1) is 0 Å². The van der Waals surface area contributed by atoms with Crippen LogP contribution in [0.25, 0.3) is 0 Å². The summed E-state index contributed by atoms with van der Waals surface area (Å²) in [7, 11) is -3.58. The number of hydrogen-bond acceptors (Lipinski definition) is 5. The van der Waals surface area contributed by atoms with Crippen LogP contribution >= 0.6 is 0 Å². The summed E-state index contributed by atoms with van der Waals surface area (Å²) in [5, 5.41) is 3.50. The van der Waals surface area contributed by atoms with E-state index in [9.17, 15) is 0 Å². The van der Waals surface area contributed by atoms with Gasteiger partial charge in [-0.3, -0.25) is 9.89 Å². The molecule has 0 aromatic heterocycles. The largest absolute Gasteiger partial charge is 0.542 e. The van der Waals surface area contributed by atoms with Crippen LogP contribution in [0.1, 0.15) is 37.3 Å². The minimum absolute atomic E-state index is 0.00471. The molecule has 6 rings (SSSR count). The Labute approximate surface area is 254 Å². The highest BCUT2D eigenvalue weighted by molar-refractivity contribution is 6.70. The van der Waals surface area contributed by atoms with Crippen LogP contribution < -0.4 is 14.5 Å². The van der Waals surface area contributed by atoms with Crippen LogP contribution in [-0.2, 0) is 16.3 Å². The number of ether oxygens (including phenoxy) is 1. The summed E-state index contributed by atoms with van der Waals surface area (Å²) < 4.78 is 20.5. The van der Waals surface area contributed by atoms with Crippen molar-refractivity contribution in [3.05, 3.63) is 65.7 Å². The fraction of sp³-hybridized carbons (Fsp3) is 0.559. The van der Waals surface area contributed by atoms with Crippen molar-refractivity contribution in [3.8, 4) is 11.5 Å². The van der Waals surface area contributed by atoms with Crippen LogP contribution in [0, 0.1) is 5.92 Å². The van der Waals surface area contributed by atoms with Crippen LogP contribution in [0.5, 0.6) is 11.5 Å². The molecule has 1 fully saturated rings. The number of nitrogens with one attached hydrogen (secondary N) is 1. The molecule has 1 spiro atoms. The first kappa shape index (κ1) is 29.7. The van der Waals surface area contributed by atoms with Gasteiger partial charge >= 0.3 is 0 Å². The molecule has 1 unspecified atom stereocenters. The maximum atomic E-state index is 7.04. The van der Waals surface area contributed by atoms with E-state index in [0.717, 1.165) is 68.3 Å². The van der Waals surface area contributed by atoms with Gasteiger partial charge in [-0.05, 0) is 88.9 Å². The normalized spacial score (nSPS) is 28.3. The molecule has 0 radical (unpaired) electrons. The SMILES string of the molecule is CCC(=NCCCN1CC[C@]23c4c5ccc(O[Si](C)(C)C)c4O[C@H]2[C@@H](O[Si](C)(C)C)C=CC3[C@H]1C5)Nc1ccccc1. The summed E-state index contributed by atoms with van der Waals surface area (Å²) in [5.41, 5.74) is 3.94. The molecule has 2 aromatic rings. The maximum absolute atomic E-state index is 7.04. The van der Waals surface area contributed by atoms with E-state index < -0.39 is 16.6 Å². The first-order chi connectivity index (χ1) is 20.0. The summed E-state index contributed by atoms with van der Waals surface area (Å²) in [6.07, 6.45) is 8.94. The number of likely N-dealkylation sites (tertiary alicyclic amines) is 1. The fourth-order valence-electron chi connectivity index (χ4n) is 7.72. The Kier molecular flexibility index (Phi) is 7.96. The third kappa shape index (κ3) is 5.63. The second kappa shape index (κ2) is 11.3. The number of amidine groups is 1. The predicted octanol–water partition coefficient (Wildman–Crippen LogP) is 7.25. The molecule has 4 aliphatic rings. The number of aliphatic imine (C=N–C) groups is 1. The van der Waals surface area contributed by atoms with Crippen molar-refractivity contribution >= 4 is 28.2 Å². The molecule has 2 heterocycles. The van der Waals surface area contributed by atoms with E-state index in [-0.39, 0.29) is 17.6 Å². The lowest BCUT2D eigenvalue weighted by atomic mass is 9.53. The lowest BCUT2D eigenvalue weighted by Crippen LogP contribution is -2.66. The quantitative estimate of drug-likeness (QED) is 0.102. The predicted molar refractivity (Wildman–Crippen MR) is 178 cm³/mol. The number of hydrogen-bond donors (Lipinski definition) is 1. The number of rotatable bonds is 10. The Hall–Kier alpha value is -2.40. The second-order valence-corrected chi connectivity index (χ2v) is 23.3. The van der Waals surface area contributed by atoms with E-state index in [1.54, 1.807) is 0 Å². The molecule has 2 bridgehead atoms. The Balaban J connectivity index is 1.25. The molecule has 226 valence electrons. The van der Waals surface area contributed by atoms with E-state index >= 15 is 0 Å². The molecule has 5 atom stereocenters. The van der Waals surface area contributed by atoms with Gasteiger partial charge in [0.2, 0.25) is 8.32 Å². The Morgan fingerprint density at radius 1 is 1.05 bits per heavy atom. The van der Waals surface area contributed by atoms with E-state index in [4.69, 9.17) is 18.6 Å². The summed E-state index contributed by atoms with van der Waals surface area (Å²) >= 11 is 0. The number of nitrogens with zero attached hydrogens (tertiary/aromatic N) is 2. The average Bonchev–Trinajstić information content (AvgIpc) is 3.28. The highest BCUT2D eigenvalue weighted by Gasteiger charge is 2.65. The van der Waals surface area contributed by atoms with Gasteiger partial charge in [-0.25, -0.2) is 0 Å². The van der Waals surface area contributed by atoms with E-state index in [1.165, 1.54) is 11.1 Å². The van der Waals surface area contributed by atoms with Crippen molar-refractivity contribution in [1.29, 1.82) is 0 Å². The van der Waals surface area contributed by atoms with Gasteiger partial charge in [0.1, 0.15) is 23.8 Å². The molecule has 1 saturated heterocycles. The van der Waals surface area contributed by atoms with Gasteiger partial charge in [0, 0.05) is 48.1 Å². The Bertz CT molecular complexity index is 1350. The minimum Gasteiger partial charge on any atom is -0.542 e. The van der Waals surface area contributed by atoms with Crippen molar-refractivity contribution < 1.29 is 13.6 Å². The maximum Gasteiger partial charge on any atom is 0.242 e. The Morgan fingerprint density at radius 2 is 1.83 bits per heavy atom. The molecule has 6 nitrogen and oxygen atoms in total. The first-order valence-electron chi connectivity index (χ1n) is 16.0. The summed E-state index contributed by atoms with van der Waals surface area (Å²) in [4.78, 5) is 7.69. The average molecular weight is 604 g/mol. The Morgan fingerprint density at radius 3 is 2.55 bits per heavy atom. The van der Waals surface area contributed by atoms with Crippen LogP contribution in [0.3, 0.4) is 0 Å². The zero-order valence-electron chi connectivity index (χ0n) is 26.6. The highest BCUT2D eigenvalue weighted by atomic mass is 28.4. The van der Waals surface area contributed by atoms with Gasteiger partial charge in [0.15, 0.2) is 14.1 Å². The van der Waals surface area contributed by atoms with Gasteiger partial charge in [0.25, 0.3) is 0 Å². The van der Waals surface area contributed by atoms with Crippen LogP contribution in [-0.4, -0.2) is 65.3 Å². The number of piperidine rings is 1. The lowest BCUT2D eigenvalue weighted by Gasteiger charge is -2.58. The third-order valence-electron chi connectivity index (χ3n) is 9.16. The summed E-state index contributed by atoms with van der Waals surface area (Å²) in [6.45, 7) is 18.8. The van der Waals surface area contributed by atoms with Gasteiger partial charge in [-0.15, -0.1) is 0 Å². The lowest BCUT2D eigenvalue weighted by molar-refractivity contribution is -0.0469. The molecule has 8 heteroatoms. The molecular weight excluding hydrogens is 555 g/mol. The number of benzene rings is 2. The molecule has 0 saturated carbocycles. The monoisotopic (exact) mass is 603 g/mol. The molecule has 2 aliphatic heterocycles. The van der Waals surface area contributed by atoms with Crippen molar-refractivity contribution in [2.24, 2.45) is 10.9 Å². The molecule has 2 aromatic carbocycles. The van der Waals surface area contributed by atoms with Crippen molar-refractivity contribution in [1.82, 2.24) is 4.90 Å². The summed E-state index contributed by atoms with van der Waals surface area (Å²) in [6, 6.07) is 15.3. The van der Waals surface area contributed by atoms with E-state index in [1.807, 2.05) is 6.07 Å². The number of para-hydroxylation sites is 1. The van der Waals surface area contributed by atoms with Gasteiger partial charge < -0.3 is 18.9 Å². The highest BCUT2D eigenvalue weighted by Crippen LogP contribution is 2.63. The zero-order valence-corrected chi connectivity index (χ0v) is 28.6. The third-order valence-corrected chi connectivity index (χ3v) is 11.0. The van der Waals surface area contributed by atoms with Crippen molar-refractivity contribution in [2.45, 2.75) is 95.6 Å². The van der Waals surface area contributed by atoms with Crippen molar-refractivity contribution in [2.75, 3.05) is 25.0 Å². The zero-order chi connectivity index (χ0) is 29.7. The minimum atomic E-state index is -1.80. The van der Waals surface area contributed by atoms with Gasteiger partial charge in [-0.2, -0.15) is 0 Å². The smallest absolute Gasteiger partial charge is 0.242 e. The topological polar surface area (TPSA) is 55.3 Å². The summed E-state index contributed by atoms with van der Waals surface area (Å²) in [5.74, 6) is 3.43. The molecular formula is C34H49N3O3Si2. The van der Waals surface area contributed by atoms with Crippen LogP contribution in [0.15, 0.2) is 59.6 Å². The van der Waals surface area contributed by atoms with Gasteiger partial charge in [-0.1, -0.05) is 43.3 Å². The first-order valence-corrected chi connectivity index (χ1v) is 22.8. The number of anilines is 1.